The summed E-state index contributed by atoms with van der Waals surface area (Å²) in [6.07, 6.45) is 2.82. The van der Waals surface area contributed by atoms with Crippen LogP contribution in [0.25, 0.3) is 10.9 Å². The van der Waals surface area contributed by atoms with Crippen molar-refractivity contribution in [2.24, 2.45) is 0 Å². The number of para-hydroxylation sites is 1. The summed E-state index contributed by atoms with van der Waals surface area (Å²) in [6, 6.07) is 12.3. The van der Waals surface area contributed by atoms with Crippen molar-refractivity contribution in [3.05, 3.63) is 69.8 Å². The molecule has 0 spiro atoms. The minimum absolute atomic E-state index is 0.119. The lowest BCUT2D eigenvalue weighted by Crippen LogP contribution is -2.33. The molecule has 1 aliphatic carbocycles. The molecule has 0 bridgehead atoms. The van der Waals surface area contributed by atoms with E-state index in [1.807, 2.05) is 13.0 Å². The lowest BCUT2D eigenvalue weighted by molar-refractivity contribution is -0.131. The zero-order chi connectivity index (χ0) is 22.0. The van der Waals surface area contributed by atoms with Crippen molar-refractivity contribution >= 4 is 26.6 Å². The van der Waals surface area contributed by atoms with Crippen LogP contribution in [0.2, 0.25) is 0 Å². The highest BCUT2D eigenvalue weighted by atomic mass is 32.2. The summed E-state index contributed by atoms with van der Waals surface area (Å²) in [7, 11) is -3.55. The number of sulfone groups is 1. The number of fused-ring (bicyclic) bond motifs is 2. The van der Waals surface area contributed by atoms with E-state index < -0.39 is 9.84 Å². The lowest BCUT2D eigenvalue weighted by Gasteiger charge is -2.20. The van der Waals surface area contributed by atoms with Crippen LogP contribution in [0.4, 0.5) is 0 Å². The van der Waals surface area contributed by atoms with Crippen molar-refractivity contribution in [1.29, 1.82) is 0 Å². The number of hydrogen-bond donors (Lipinski definition) is 1. The number of H-pyrrole nitrogens is 1. The van der Waals surface area contributed by atoms with Crippen LogP contribution in [0.15, 0.2) is 52.2 Å². The normalized spacial score (nSPS) is 13.3. The molecule has 4 rings (SSSR count). The third kappa shape index (κ3) is 4.54. The number of amides is 1. The molecule has 31 heavy (non-hydrogen) atoms. The zero-order valence-corrected chi connectivity index (χ0v) is 18.2. The Balaban J connectivity index is 1.45. The minimum atomic E-state index is -3.55. The van der Waals surface area contributed by atoms with Gasteiger partial charge in [-0.3, -0.25) is 9.59 Å². The van der Waals surface area contributed by atoms with Crippen LogP contribution in [0.5, 0.6) is 0 Å². The Morgan fingerprint density at radius 1 is 1.13 bits per heavy atom. The van der Waals surface area contributed by atoms with Crippen molar-refractivity contribution in [2.45, 2.75) is 44.0 Å². The van der Waals surface area contributed by atoms with E-state index in [4.69, 9.17) is 0 Å². The molecule has 1 amide bonds. The van der Waals surface area contributed by atoms with Crippen LogP contribution in [-0.4, -0.2) is 41.5 Å². The number of benzene rings is 2. The van der Waals surface area contributed by atoms with Gasteiger partial charge in [-0.1, -0.05) is 18.2 Å². The van der Waals surface area contributed by atoms with Crippen molar-refractivity contribution in [3.8, 4) is 0 Å². The minimum Gasteiger partial charge on any atom is -0.335 e. The molecule has 0 aliphatic heterocycles. The fourth-order valence-electron chi connectivity index (χ4n) is 4.01. The van der Waals surface area contributed by atoms with Crippen molar-refractivity contribution in [2.75, 3.05) is 12.3 Å². The van der Waals surface area contributed by atoms with Gasteiger partial charge in [0.2, 0.25) is 5.91 Å². The summed E-state index contributed by atoms with van der Waals surface area (Å²) in [5.74, 6) is -0.161. The fourth-order valence-corrected chi connectivity index (χ4v) is 5.28. The Kier molecular flexibility index (Phi) is 5.91. The largest absolute Gasteiger partial charge is 0.335 e. The van der Waals surface area contributed by atoms with E-state index in [0.29, 0.717) is 23.3 Å². The monoisotopic (exact) mass is 439 g/mol. The van der Waals surface area contributed by atoms with Gasteiger partial charge >= 0.3 is 0 Å². The summed E-state index contributed by atoms with van der Waals surface area (Å²) in [5.41, 5.74) is 2.60. The van der Waals surface area contributed by atoms with Crippen LogP contribution in [0.3, 0.4) is 0 Å². The maximum atomic E-state index is 12.8. The third-order valence-corrected chi connectivity index (χ3v) is 7.46. The van der Waals surface area contributed by atoms with Gasteiger partial charge in [-0.05, 0) is 61.6 Å². The van der Waals surface area contributed by atoms with Gasteiger partial charge in [-0.15, -0.1) is 0 Å². The second-order valence-electron chi connectivity index (χ2n) is 7.79. The van der Waals surface area contributed by atoms with E-state index >= 15 is 0 Å². The average molecular weight is 440 g/mol. The van der Waals surface area contributed by atoms with E-state index in [9.17, 15) is 18.0 Å². The summed E-state index contributed by atoms with van der Waals surface area (Å²) in [6.45, 7) is 2.31. The Labute approximate surface area is 181 Å². The maximum absolute atomic E-state index is 12.8. The number of nitrogens with one attached hydrogen (secondary N) is 1. The number of carbonyl (C=O) groups excluding carboxylic acids is 1. The quantitative estimate of drug-likeness (QED) is 0.610. The molecule has 8 heteroatoms. The number of hydrogen-bond acceptors (Lipinski definition) is 5. The first-order valence-electron chi connectivity index (χ1n) is 10.5. The van der Waals surface area contributed by atoms with Crippen LogP contribution in [0, 0.1) is 0 Å². The highest BCUT2D eigenvalue weighted by molar-refractivity contribution is 7.91. The average Bonchev–Trinajstić information content (AvgIpc) is 3.24. The molecular weight excluding hydrogens is 414 g/mol. The van der Waals surface area contributed by atoms with Gasteiger partial charge in [0.05, 0.1) is 28.1 Å². The molecule has 3 aromatic rings. The second kappa shape index (κ2) is 8.63. The second-order valence-corrected chi connectivity index (χ2v) is 9.90. The van der Waals surface area contributed by atoms with E-state index in [2.05, 4.69) is 9.97 Å². The molecule has 2 aromatic carbocycles. The third-order valence-electron chi connectivity index (χ3n) is 5.75. The maximum Gasteiger partial charge on any atom is 0.258 e. The van der Waals surface area contributed by atoms with Crippen LogP contribution >= 0.6 is 0 Å². The number of aryl methyl sites for hydroxylation is 2. The summed E-state index contributed by atoms with van der Waals surface area (Å²) < 4.78 is 25.5. The number of aromatic amines is 1. The van der Waals surface area contributed by atoms with E-state index in [0.717, 1.165) is 24.8 Å². The van der Waals surface area contributed by atoms with Crippen molar-refractivity contribution in [1.82, 2.24) is 14.9 Å². The first-order valence-corrected chi connectivity index (χ1v) is 12.1. The van der Waals surface area contributed by atoms with Gasteiger partial charge in [0.15, 0.2) is 9.84 Å². The molecule has 1 heterocycles. The van der Waals surface area contributed by atoms with Gasteiger partial charge in [-0.2, -0.15) is 0 Å². The highest BCUT2D eigenvalue weighted by Gasteiger charge is 2.22. The van der Waals surface area contributed by atoms with Gasteiger partial charge in [0, 0.05) is 13.0 Å². The van der Waals surface area contributed by atoms with Gasteiger partial charge in [0.25, 0.3) is 5.56 Å². The molecule has 0 unspecified atom stereocenters. The number of rotatable bonds is 7. The van der Waals surface area contributed by atoms with Gasteiger partial charge in [-0.25, -0.2) is 13.4 Å². The Hall–Kier alpha value is -3.00. The smallest absolute Gasteiger partial charge is 0.258 e. The predicted octanol–water partition coefficient (Wildman–Crippen LogP) is 2.62. The number of carbonyl (C=O) groups is 1. The number of nitrogens with zero attached hydrogens (tertiary/aromatic N) is 2. The Morgan fingerprint density at radius 2 is 1.90 bits per heavy atom. The molecule has 0 fully saturated rings. The molecule has 1 aromatic heterocycles. The lowest BCUT2D eigenvalue weighted by atomic mass is 10.1. The van der Waals surface area contributed by atoms with Crippen molar-refractivity contribution < 1.29 is 13.2 Å². The van der Waals surface area contributed by atoms with Gasteiger partial charge < -0.3 is 9.88 Å². The predicted molar refractivity (Wildman–Crippen MR) is 119 cm³/mol. The summed E-state index contributed by atoms with van der Waals surface area (Å²) >= 11 is 0. The molecule has 0 atom stereocenters. The standard InChI is InChI=1S/C23H25N3O4S/c1-2-26(15-21-24-20-9-4-3-8-19(20)23(28)25-21)22(27)12-13-31(29,30)18-11-10-16-6-5-7-17(16)14-18/h3-4,8-11,14H,2,5-7,12-13,15H2,1H3,(H,24,25,28). The molecule has 1 N–H and O–H groups in total. The molecule has 1 aliphatic rings. The zero-order valence-electron chi connectivity index (χ0n) is 17.4. The molecule has 162 valence electrons. The Morgan fingerprint density at radius 3 is 2.71 bits per heavy atom. The van der Waals surface area contributed by atoms with Crippen LogP contribution < -0.4 is 5.56 Å². The number of aromatic nitrogens is 2. The molecule has 7 nitrogen and oxygen atoms in total. The summed E-state index contributed by atoms with van der Waals surface area (Å²) in [5, 5.41) is 0.487. The highest BCUT2D eigenvalue weighted by Crippen LogP contribution is 2.25. The molecular formula is C23H25N3O4S. The summed E-state index contributed by atoms with van der Waals surface area (Å²) in [4.78, 5) is 33.9. The fraction of sp³-hybridized carbons (Fsp3) is 0.348. The van der Waals surface area contributed by atoms with E-state index in [1.54, 1.807) is 36.4 Å². The topological polar surface area (TPSA) is 100 Å². The van der Waals surface area contributed by atoms with Gasteiger partial charge in [0.1, 0.15) is 5.82 Å². The van der Waals surface area contributed by atoms with Crippen molar-refractivity contribution in [3.63, 3.8) is 0 Å². The van der Waals surface area contributed by atoms with Crippen LogP contribution in [-0.2, 0) is 34.0 Å². The Bertz CT molecular complexity index is 1300. The van der Waals surface area contributed by atoms with E-state index in [-0.39, 0.29) is 35.1 Å². The molecule has 0 saturated heterocycles. The first kappa shape index (κ1) is 21.2. The SMILES string of the molecule is CCN(Cc1nc2ccccc2c(=O)[nH]1)C(=O)CCS(=O)(=O)c1ccc2c(c1)CCC2. The molecule has 0 saturated carbocycles. The molecule has 0 radical (unpaired) electrons. The van der Waals surface area contributed by atoms with E-state index in [1.165, 1.54) is 10.5 Å². The first-order chi connectivity index (χ1) is 14.9. The van der Waals surface area contributed by atoms with Crippen LogP contribution in [0.1, 0.15) is 36.7 Å².